The van der Waals surface area contributed by atoms with Crippen LogP contribution in [-0.4, -0.2) is 31.1 Å². The molecule has 5 nitrogen and oxygen atoms in total. The van der Waals surface area contributed by atoms with Crippen LogP contribution >= 0.6 is 0 Å². The van der Waals surface area contributed by atoms with Gasteiger partial charge in [-0.05, 0) is 26.0 Å². The topological polar surface area (TPSA) is 87.2 Å². The molecule has 0 amide bonds. The number of benzene rings is 1. The number of nitrogens with one attached hydrogen (secondary N) is 1. The van der Waals surface area contributed by atoms with Gasteiger partial charge in [0.15, 0.2) is 0 Å². The zero-order valence-corrected chi connectivity index (χ0v) is 11.3. The molecule has 0 unspecified atom stereocenters. The van der Waals surface area contributed by atoms with Crippen LogP contribution in [0.15, 0.2) is 23.1 Å². The molecule has 19 heavy (non-hydrogen) atoms. The Morgan fingerprint density at radius 3 is 2.42 bits per heavy atom. The molecule has 0 saturated heterocycles. The Kier molecular flexibility index (Phi) is 4.59. The number of hydrogen-bond acceptors (Lipinski definition) is 3. The highest BCUT2D eigenvalue weighted by molar-refractivity contribution is 7.89. The third-order valence-corrected chi connectivity index (χ3v) is 4.44. The molecule has 0 radical (unpaired) electrons. The van der Waals surface area contributed by atoms with Crippen LogP contribution in [0.3, 0.4) is 0 Å². The highest BCUT2D eigenvalue weighted by Gasteiger charge is 2.30. The number of amidine groups is 1. The van der Waals surface area contributed by atoms with E-state index >= 15 is 0 Å². The summed E-state index contributed by atoms with van der Waals surface area (Å²) in [4.78, 5) is -0.635. The number of halogens is 2. The van der Waals surface area contributed by atoms with Gasteiger partial charge in [0.2, 0.25) is 10.0 Å². The van der Waals surface area contributed by atoms with Crippen molar-refractivity contribution in [3.63, 3.8) is 0 Å². The smallest absolute Gasteiger partial charge is 0.246 e. The minimum absolute atomic E-state index is 0.350. The van der Waals surface area contributed by atoms with Crippen LogP contribution < -0.4 is 5.73 Å². The van der Waals surface area contributed by atoms with Crippen molar-refractivity contribution in [3.05, 3.63) is 29.8 Å². The maximum Gasteiger partial charge on any atom is 0.246 e. The average Bonchev–Trinajstić information content (AvgIpc) is 2.24. The van der Waals surface area contributed by atoms with E-state index in [0.717, 1.165) is 16.4 Å². The molecule has 0 fully saturated rings. The Hall–Kier alpha value is -1.54. The number of nitrogens with zero attached hydrogens (tertiary/aromatic N) is 1. The van der Waals surface area contributed by atoms with Crippen LogP contribution in [0, 0.1) is 17.0 Å². The average molecular weight is 291 g/mol. The van der Waals surface area contributed by atoms with Crippen molar-refractivity contribution in [2.75, 3.05) is 6.54 Å². The van der Waals surface area contributed by atoms with Gasteiger partial charge in [0.25, 0.3) is 0 Å². The molecule has 0 aliphatic carbocycles. The fourth-order valence-electron chi connectivity index (χ4n) is 1.52. The van der Waals surface area contributed by atoms with Gasteiger partial charge in [-0.3, -0.25) is 5.41 Å². The summed E-state index contributed by atoms with van der Waals surface area (Å²) in [5, 5.41) is 7.17. The number of hydrogen-bond donors (Lipinski definition) is 2. The van der Waals surface area contributed by atoms with E-state index in [1.54, 1.807) is 13.8 Å². The Balaban J connectivity index is 3.30. The molecule has 0 bridgehead atoms. The molecule has 0 heterocycles. The van der Waals surface area contributed by atoms with Crippen LogP contribution in [0.5, 0.6) is 0 Å². The summed E-state index contributed by atoms with van der Waals surface area (Å²) in [6.45, 7) is 2.79. The lowest BCUT2D eigenvalue weighted by atomic mass is 10.3. The SMILES string of the molecule is CC(C)N(CC(=N)N)S(=O)(=O)c1ccc(F)cc1F. The second-order valence-electron chi connectivity index (χ2n) is 4.24. The molecular formula is C11H15F2N3O2S. The van der Waals surface area contributed by atoms with Gasteiger partial charge in [0, 0.05) is 12.1 Å². The molecule has 0 atom stereocenters. The highest BCUT2D eigenvalue weighted by atomic mass is 32.2. The quantitative estimate of drug-likeness (QED) is 0.633. The highest BCUT2D eigenvalue weighted by Crippen LogP contribution is 2.21. The number of sulfonamides is 1. The molecule has 0 spiro atoms. The van der Waals surface area contributed by atoms with E-state index in [1.807, 2.05) is 0 Å². The largest absolute Gasteiger partial charge is 0.387 e. The maximum absolute atomic E-state index is 13.6. The van der Waals surface area contributed by atoms with Gasteiger partial charge in [-0.25, -0.2) is 17.2 Å². The standard InChI is InChI=1S/C11H15F2N3O2S/c1-7(2)16(6-11(14)15)19(17,18)10-4-3-8(12)5-9(10)13/h3-5,7H,6H2,1-2H3,(H3,14,15). The Bertz CT molecular complexity index is 588. The lowest BCUT2D eigenvalue weighted by Gasteiger charge is -2.25. The van der Waals surface area contributed by atoms with Crippen LogP contribution in [0.2, 0.25) is 0 Å². The molecule has 0 aliphatic heterocycles. The monoisotopic (exact) mass is 291 g/mol. The predicted molar refractivity (Wildman–Crippen MR) is 67.3 cm³/mol. The van der Waals surface area contributed by atoms with Gasteiger partial charge in [-0.15, -0.1) is 0 Å². The van der Waals surface area contributed by atoms with Crippen molar-refractivity contribution < 1.29 is 17.2 Å². The van der Waals surface area contributed by atoms with E-state index in [4.69, 9.17) is 11.1 Å². The summed E-state index contributed by atoms with van der Waals surface area (Å²) in [5.41, 5.74) is 5.19. The van der Waals surface area contributed by atoms with E-state index in [1.165, 1.54) is 0 Å². The zero-order valence-electron chi connectivity index (χ0n) is 10.5. The predicted octanol–water partition coefficient (Wildman–Crippen LogP) is 1.30. The minimum Gasteiger partial charge on any atom is -0.387 e. The summed E-state index contributed by atoms with van der Waals surface area (Å²) >= 11 is 0. The first-order valence-electron chi connectivity index (χ1n) is 5.46. The Morgan fingerprint density at radius 2 is 2.00 bits per heavy atom. The van der Waals surface area contributed by atoms with Crippen LogP contribution in [0.1, 0.15) is 13.8 Å². The molecular weight excluding hydrogens is 276 g/mol. The molecule has 106 valence electrons. The fraction of sp³-hybridized carbons (Fsp3) is 0.364. The van der Waals surface area contributed by atoms with Crippen molar-refractivity contribution in [3.8, 4) is 0 Å². The van der Waals surface area contributed by atoms with E-state index < -0.39 is 32.6 Å². The van der Waals surface area contributed by atoms with Crippen LogP contribution in [0.4, 0.5) is 8.78 Å². The molecule has 0 saturated carbocycles. The van der Waals surface area contributed by atoms with E-state index in [0.29, 0.717) is 6.07 Å². The van der Waals surface area contributed by atoms with E-state index in [2.05, 4.69) is 0 Å². The van der Waals surface area contributed by atoms with Crippen LogP contribution in [-0.2, 0) is 10.0 Å². The van der Waals surface area contributed by atoms with Crippen molar-refractivity contribution in [1.82, 2.24) is 4.31 Å². The van der Waals surface area contributed by atoms with Crippen molar-refractivity contribution in [2.24, 2.45) is 5.73 Å². The van der Waals surface area contributed by atoms with Gasteiger partial charge in [-0.1, -0.05) is 0 Å². The molecule has 0 aliphatic rings. The lowest BCUT2D eigenvalue weighted by molar-refractivity contribution is 0.386. The first kappa shape index (κ1) is 15.5. The molecule has 1 aromatic rings. The summed E-state index contributed by atoms with van der Waals surface area (Å²) in [5.74, 6) is -2.40. The van der Waals surface area contributed by atoms with Gasteiger partial charge < -0.3 is 5.73 Å². The minimum atomic E-state index is -4.17. The lowest BCUT2D eigenvalue weighted by Crippen LogP contribution is -2.42. The normalized spacial score (nSPS) is 12.1. The summed E-state index contributed by atoms with van der Waals surface area (Å²) < 4.78 is 51.8. The summed E-state index contributed by atoms with van der Waals surface area (Å²) in [6, 6.07) is 1.70. The van der Waals surface area contributed by atoms with Crippen molar-refractivity contribution in [2.45, 2.75) is 24.8 Å². The van der Waals surface area contributed by atoms with Gasteiger partial charge >= 0.3 is 0 Å². The van der Waals surface area contributed by atoms with E-state index in [-0.39, 0.29) is 12.4 Å². The molecule has 1 rings (SSSR count). The third-order valence-electron chi connectivity index (χ3n) is 2.38. The second-order valence-corrected chi connectivity index (χ2v) is 6.10. The fourth-order valence-corrected chi connectivity index (χ4v) is 3.19. The van der Waals surface area contributed by atoms with Crippen LogP contribution in [0.25, 0.3) is 0 Å². The number of rotatable bonds is 5. The Morgan fingerprint density at radius 1 is 1.42 bits per heavy atom. The van der Waals surface area contributed by atoms with Crippen molar-refractivity contribution in [1.29, 1.82) is 5.41 Å². The number of nitrogens with two attached hydrogens (primary N) is 1. The zero-order chi connectivity index (χ0) is 14.8. The Labute approximate surface area is 110 Å². The molecule has 8 heteroatoms. The van der Waals surface area contributed by atoms with Gasteiger partial charge in [-0.2, -0.15) is 4.31 Å². The maximum atomic E-state index is 13.6. The summed E-state index contributed by atoms with van der Waals surface area (Å²) in [6.07, 6.45) is 0. The molecule has 0 aromatic heterocycles. The molecule has 1 aromatic carbocycles. The first-order chi connectivity index (χ1) is 8.66. The van der Waals surface area contributed by atoms with E-state index in [9.17, 15) is 17.2 Å². The van der Waals surface area contributed by atoms with Gasteiger partial charge in [0.05, 0.1) is 6.54 Å². The molecule has 3 N–H and O–H groups in total. The summed E-state index contributed by atoms with van der Waals surface area (Å²) in [7, 11) is -4.17. The first-order valence-corrected chi connectivity index (χ1v) is 6.90. The van der Waals surface area contributed by atoms with Crippen molar-refractivity contribution >= 4 is 15.9 Å². The van der Waals surface area contributed by atoms with Gasteiger partial charge in [0.1, 0.15) is 22.4 Å². The second kappa shape index (κ2) is 5.62. The third kappa shape index (κ3) is 3.48.